The summed E-state index contributed by atoms with van der Waals surface area (Å²) in [5.41, 5.74) is 2.05. The summed E-state index contributed by atoms with van der Waals surface area (Å²) in [4.78, 5) is 6.26. The minimum Gasteiger partial charge on any atom is -0.388 e. The molecule has 96 valence electrons. The van der Waals surface area contributed by atoms with Crippen molar-refractivity contribution in [2.75, 3.05) is 19.0 Å². The molecule has 2 rings (SSSR count). The first kappa shape index (κ1) is 12.6. The molecule has 1 heterocycles. The van der Waals surface area contributed by atoms with Crippen LogP contribution in [0, 0.1) is 0 Å². The summed E-state index contributed by atoms with van der Waals surface area (Å²) >= 11 is 0. The molecule has 0 aliphatic rings. The van der Waals surface area contributed by atoms with Crippen molar-refractivity contribution in [2.24, 2.45) is 7.05 Å². The second-order valence-electron chi connectivity index (χ2n) is 4.66. The molecule has 1 N–H and O–H groups in total. The van der Waals surface area contributed by atoms with Crippen LogP contribution in [0.2, 0.25) is 0 Å². The van der Waals surface area contributed by atoms with Gasteiger partial charge in [-0.05, 0) is 17.7 Å². The minimum atomic E-state index is -0.512. The van der Waals surface area contributed by atoms with Crippen LogP contribution in [0.4, 0.5) is 5.69 Å². The molecule has 2 aromatic rings. The normalized spacial score (nSPS) is 12.4. The van der Waals surface area contributed by atoms with Crippen LogP contribution < -0.4 is 4.90 Å². The predicted molar refractivity (Wildman–Crippen MR) is 72.6 cm³/mol. The third kappa shape index (κ3) is 2.71. The maximum absolute atomic E-state index is 10.2. The van der Waals surface area contributed by atoms with E-state index in [-0.39, 0.29) is 0 Å². The van der Waals surface area contributed by atoms with E-state index >= 15 is 0 Å². The molecule has 1 aromatic carbocycles. The molecular formula is C14H19N3O. The first-order chi connectivity index (χ1) is 8.58. The monoisotopic (exact) mass is 245 g/mol. The lowest BCUT2D eigenvalue weighted by Gasteiger charge is -2.15. The number of nitrogens with zero attached hydrogens (tertiary/aromatic N) is 3. The van der Waals surface area contributed by atoms with Crippen LogP contribution in [0.15, 0.2) is 36.7 Å². The van der Waals surface area contributed by atoms with Crippen molar-refractivity contribution in [3.8, 4) is 0 Å². The largest absolute Gasteiger partial charge is 0.388 e. The van der Waals surface area contributed by atoms with Gasteiger partial charge in [0, 0.05) is 45.6 Å². The van der Waals surface area contributed by atoms with E-state index in [1.54, 1.807) is 6.20 Å². The highest BCUT2D eigenvalue weighted by atomic mass is 16.3. The van der Waals surface area contributed by atoms with Crippen LogP contribution in [0.25, 0.3) is 0 Å². The van der Waals surface area contributed by atoms with Crippen molar-refractivity contribution in [3.63, 3.8) is 0 Å². The molecule has 4 nitrogen and oxygen atoms in total. The molecule has 1 aromatic heterocycles. The van der Waals surface area contributed by atoms with Gasteiger partial charge in [0.25, 0.3) is 0 Å². The van der Waals surface area contributed by atoms with E-state index in [0.717, 1.165) is 17.1 Å². The number of imidazole rings is 1. The number of aryl methyl sites for hydroxylation is 1. The highest BCUT2D eigenvalue weighted by Crippen LogP contribution is 2.20. The maximum Gasteiger partial charge on any atom is 0.111 e. The first-order valence-electron chi connectivity index (χ1n) is 5.99. The molecule has 0 radical (unpaired) electrons. The summed E-state index contributed by atoms with van der Waals surface area (Å²) in [5.74, 6) is 0.888. The molecule has 0 spiro atoms. The molecule has 0 saturated carbocycles. The van der Waals surface area contributed by atoms with E-state index in [0.29, 0.717) is 6.42 Å². The Kier molecular flexibility index (Phi) is 3.67. The summed E-state index contributed by atoms with van der Waals surface area (Å²) in [5, 5.41) is 10.2. The quantitative estimate of drug-likeness (QED) is 0.892. The molecule has 18 heavy (non-hydrogen) atoms. The third-order valence-electron chi connectivity index (χ3n) is 3.09. The Morgan fingerprint density at radius 3 is 2.44 bits per heavy atom. The Bertz CT molecular complexity index is 502. The zero-order chi connectivity index (χ0) is 13.1. The Labute approximate surface area is 108 Å². The smallest absolute Gasteiger partial charge is 0.111 e. The third-order valence-corrected chi connectivity index (χ3v) is 3.09. The molecule has 0 bridgehead atoms. The van der Waals surface area contributed by atoms with Gasteiger partial charge in [0.15, 0.2) is 0 Å². The first-order valence-corrected chi connectivity index (χ1v) is 5.99. The van der Waals surface area contributed by atoms with E-state index < -0.39 is 6.10 Å². The number of anilines is 1. The van der Waals surface area contributed by atoms with E-state index in [1.807, 2.05) is 61.1 Å². The van der Waals surface area contributed by atoms with Gasteiger partial charge in [-0.15, -0.1) is 0 Å². The zero-order valence-electron chi connectivity index (χ0n) is 11.0. The Hall–Kier alpha value is -1.81. The van der Waals surface area contributed by atoms with Gasteiger partial charge in [0.05, 0.1) is 6.10 Å². The molecule has 0 fully saturated rings. The topological polar surface area (TPSA) is 41.3 Å². The molecular weight excluding hydrogens is 226 g/mol. The van der Waals surface area contributed by atoms with Crippen molar-refractivity contribution in [2.45, 2.75) is 12.5 Å². The van der Waals surface area contributed by atoms with Crippen molar-refractivity contribution in [1.82, 2.24) is 9.55 Å². The van der Waals surface area contributed by atoms with Gasteiger partial charge < -0.3 is 14.6 Å². The number of hydrogen-bond donors (Lipinski definition) is 1. The van der Waals surface area contributed by atoms with Gasteiger partial charge in [-0.25, -0.2) is 4.98 Å². The molecule has 0 amide bonds. The molecule has 0 saturated heterocycles. The fraction of sp³-hybridized carbons (Fsp3) is 0.357. The Balaban J connectivity index is 2.09. The summed E-state index contributed by atoms with van der Waals surface area (Å²) in [7, 11) is 5.93. The van der Waals surface area contributed by atoms with Crippen LogP contribution in [-0.2, 0) is 13.5 Å². The summed E-state index contributed by atoms with van der Waals surface area (Å²) in [6.07, 6.45) is 3.65. The summed E-state index contributed by atoms with van der Waals surface area (Å²) in [6.45, 7) is 0. The van der Waals surface area contributed by atoms with Crippen LogP contribution in [0.1, 0.15) is 17.5 Å². The fourth-order valence-electron chi connectivity index (χ4n) is 1.88. The van der Waals surface area contributed by atoms with Crippen molar-refractivity contribution in [3.05, 3.63) is 48.0 Å². The summed E-state index contributed by atoms with van der Waals surface area (Å²) in [6, 6.07) is 7.94. The zero-order valence-corrected chi connectivity index (χ0v) is 11.0. The van der Waals surface area contributed by atoms with Crippen LogP contribution in [0.5, 0.6) is 0 Å². The van der Waals surface area contributed by atoms with Crippen LogP contribution in [-0.4, -0.2) is 28.8 Å². The highest BCUT2D eigenvalue weighted by Gasteiger charge is 2.11. The number of hydrogen-bond acceptors (Lipinski definition) is 3. The highest BCUT2D eigenvalue weighted by molar-refractivity contribution is 5.46. The molecule has 1 atom stereocenters. The Morgan fingerprint density at radius 2 is 1.94 bits per heavy atom. The lowest BCUT2D eigenvalue weighted by atomic mass is 10.1. The van der Waals surface area contributed by atoms with E-state index in [1.165, 1.54) is 0 Å². The maximum atomic E-state index is 10.2. The second-order valence-corrected chi connectivity index (χ2v) is 4.66. The van der Waals surface area contributed by atoms with Gasteiger partial charge in [0.2, 0.25) is 0 Å². The Morgan fingerprint density at radius 1 is 1.28 bits per heavy atom. The second kappa shape index (κ2) is 5.23. The van der Waals surface area contributed by atoms with Gasteiger partial charge >= 0.3 is 0 Å². The van der Waals surface area contributed by atoms with Gasteiger partial charge in [-0.3, -0.25) is 0 Å². The number of aliphatic hydroxyl groups is 1. The van der Waals surface area contributed by atoms with E-state index in [2.05, 4.69) is 4.98 Å². The lowest BCUT2D eigenvalue weighted by Crippen LogP contribution is -2.09. The van der Waals surface area contributed by atoms with Crippen molar-refractivity contribution < 1.29 is 5.11 Å². The molecule has 0 aliphatic heterocycles. The van der Waals surface area contributed by atoms with Crippen molar-refractivity contribution in [1.29, 1.82) is 0 Å². The average Bonchev–Trinajstić information content (AvgIpc) is 2.75. The standard InChI is InChI=1S/C14H19N3O/c1-16(2)12-6-4-11(5-7-12)13(18)10-14-15-8-9-17(14)3/h4-9,13,18H,10H2,1-3H3. The lowest BCUT2D eigenvalue weighted by molar-refractivity contribution is 0.175. The molecule has 0 aliphatic carbocycles. The minimum absolute atomic E-state index is 0.512. The van der Waals surface area contributed by atoms with Crippen molar-refractivity contribution >= 4 is 5.69 Å². The van der Waals surface area contributed by atoms with Gasteiger partial charge in [-0.1, -0.05) is 12.1 Å². The number of rotatable bonds is 4. The SMILES string of the molecule is CN(C)c1ccc(C(O)Cc2nccn2C)cc1. The van der Waals surface area contributed by atoms with Crippen LogP contribution >= 0.6 is 0 Å². The number of aromatic nitrogens is 2. The number of aliphatic hydroxyl groups excluding tert-OH is 1. The van der Waals surface area contributed by atoms with Gasteiger partial charge in [-0.2, -0.15) is 0 Å². The molecule has 1 unspecified atom stereocenters. The predicted octanol–water partition coefficient (Wildman–Crippen LogP) is 1.76. The number of benzene rings is 1. The van der Waals surface area contributed by atoms with E-state index in [4.69, 9.17) is 0 Å². The van der Waals surface area contributed by atoms with Gasteiger partial charge in [0.1, 0.15) is 5.82 Å². The van der Waals surface area contributed by atoms with E-state index in [9.17, 15) is 5.11 Å². The summed E-state index contributed by atoms with van der Waals surface area (Å²) < 4.78 is 1.93. The van der Waals surface area contributed by atoms with Crippen LogP contribution in [0.3, 0.4) is 0 Å². The fourth-order valence-corrected chi connectivity index (χ4v) is 1.88. The molecule has 4 heteroatoms. The average molecular weight is 245 g/mol.